The zero-order valence-corrected chi connectivity index (χ0v) is 13.9. The monoisotopic (exact) mass is 352 g/mol. The minimum Gasteiger partial charge on any atom is -0.378 e. The van der Waals surface area contributed by atoms with Crippen molar-refractivity contribution in [2.75, 3.05) is 31.3 Å². The molecule has 0 N–H and O–H groups in total. The number of amides is 1. The SMILES string of the molecule is CCCS(=O)(=O)N(CC(F)(F)F)C(=O)c1cccc(N(C)C)c1. The van der Waals surface area contributed by atoms with Gasteiger partial charge in [0.2, 0.25) is 10.0 Å². The molecular weight excluding hydrogens is 333 g/mol. The Kier molecular flexibility index (Phi) is 6.04. The summed E-state index contributed by atoms with van der Waals surface area (Å²) in [7, 11) is -0.937. The van der Waals surface area contributed by atoms with Crippen LogP contribution >= 0.6 is 0 Å². The van der Waals surface area contributed by atoms with Crippen molar-refractivity contribution in [3.05, 3.63) is 29.8 Å². The van der Waals surface area contributed by atoms with Crippen molar-refractivity contribution < 1.29 is 26.4 Å². The summed E-state index contributed by atoms with van der Waals surface area (Å²) in [5.74, 6) is -1.71. The summed E-state index contributed by atoms with van der Waals surface area (Å²) in [6.07, 6.45) is -4.70. The highest BCUT2D eigenvalue weighted by Gasteiger charge is 2.39. The average molecular weight is 352 g/mol. The van der Waals surface area contributed by atoms with E-state index in [1.807, 2.05) is 0 Å². The number of carbonyl (C=O) groups is 1. The maximum atomic E-state index is 12.7. The Morgan fingerprint density at radius 1 is 1.22 bits per heavy atom. The first kappa shape index (κ1) is 19.3. The third-order valence-electron chi connectivity index (χ3n) is 2.96. The van der Waals surface area contributed by atoms with Crippen molar-refractivity contribution in [3.8, 4) is 0 Å². The molecule has 0 heterocycles. The van der Waals surface area contributed by atoms with Crippen LogP contribution in [0.5, 0.6) is 0 Å². The van der Waals surface area contributed by atoms with Gasteiger partial charge in [0, 0.05) is 25.3 Å². The van der Waals surface area contributed by atoms with Crippen molar-refractivity contribution in [1.82, 2.24) is 4.31 Å². The van der Waals surface area contributed by atoms with Crippen molar-refractivity contribution in [2.24, 2.45) is 0 Å². The van der Waals surface area contributed by atoms with Gasteiger partial charge in [0.05, 0.1) is 5.75 Å². The number of alkyl halides is 3. The normalized spacial score (nSPS) is 12.1. The standard InChI is InChI=1S/C14H19F3N2O3S/c1-4-8-23(21,22)19(10-14(15,16)17)13(20)11-6-5-7-12(9-11)18(2)3/h5-7,9H,4,8,10H2,1-3H3. The van der Waals surface area contributed by atoms with Crippen LogP contribution in [0.2, 0.25) is 0 Å². The van der Waals surface area contributed by atoms with Crippen LogP contribution in [0.4, 0.5) is 18.9 Å². The molecule has 0 bridgehead atoms. The molecule has 1 amide bonds. The third-order valence-corrected chi connectivity index (χ3v) is 4.85. The van der Waals surface area contributed by atoms with Gasteiger partial charge < -0.3 is 4.90 Å². The summed E-state index contributed by atoms with van der Waals surface area (Å²) in [6.45, 7) is -0.319. The van der Waals surface area contributed by atoms with Crippen LogP contribution in [0.25, 0.3) is 0 Å². The molecule has 0 radical (unpaired) electrons. The van der Waals surface area contributed by atoms with Crippen LogP contribution in [0.1, 0.15) is 23.7 Å². The minimum atomic E-state index is -4.81. The summed E-state index contributed by atoms with van der Waals surface area (Å²) in [5, 5.41) is 0. The van der Waals surface area contributed by atoms with E-state index in [0.29, 0.717) is 5.69 Å². The lowest BCUT2D eigenvalue weighted by molar-refractivity contribution is -0.132. The molecule has 130 valence electrons. The van der Waals surface area contributed by atoms with Gasteiger partial charge in [0.25, 0.3) is 5.91 Å². The van der Waals surface area contributed by atoms with Crippen molar-refractivity contribution in [2.45, 2.75) is 19.5 Å². The Bertz CT molecular complexity index is 657. The van der Waals surface area contributed by atoms with Gasteiger partial charge in [0.1, 0.15) is 6.54 Å². The second kappa shape index (κ2) is 7.20. The molecule has 0 saturated heterocycles. The Hall–Kier alpha value is -1.77. The number of hydrogen-bond acceptors (Lipinski definition) is 4. The van der Waals surface area contributed by atoms with Gasteiger partial charge in [-0.25, -0.2) is 12.7 Å². The van der Waals surface area contributed by atoms with Gasteiger partial charge in [-0.1, -0.05) is 13.0 Å². The van der Waals surface area contributed by atoms with Crippen molar-refractivity contribution in [3.63, 3.8) is 0 Å². The summed E-state index contributed by atoms with van der Waals surface area (Å²) in [4.78, 5) is 14.0. The third kappa shape index (κ3) is 5.42. The number of sulfonamides is 1. The Labute approximate surface area is 133 Å². The van der Waals surface area contributed by atoms with E-state index in [-0.39, 0.29) is 16.3 Å². The van der Waals surface area contributed by atoms with Crippen LogP contribution in [0.15, 0.2) is 24.3 Å². The lowest BCUT2D eigenvalue weighted by atomic mass is 10.2. The summed E-state index contributed by atoms with van der Waals surface area (Å²) < 4.78 is 62.1. The Morgan fingerprint density at radius 3 is 2.30 bits per heavy atom. The van der Waals surface area contributed by atoms with Gasteiger partial charge in [-0.05, 0) is 24.6 Å². The molecule has 0 saturated carbocycles. The van der Waals surface area contributed by atoms with E-state index in [1.54, 1.807) is 25.1 Å². The van der Waals surface area contributed by atoms with Crippen LogP contribution in [-0.2, 0) is 10.0 Å². The van der Waals surface area contributed by atoms with Crippen LogP contribution in [-0.4, -0.2) is 51.2 Å². The molecule has 0 aliphatic carbocycles. The molecular formula is C14H19F3N2O3S. The molecule has 9 heteroatoms. The largest absolute Gasteiger partial charge is 0.407 e. The van der Waals surface area contributed by atoms with E-state index in [0.717, 1.165) is 0 Å². The molecule has 0 atom stereocenters. The topological polar surface area (TPSA) is 57.7 Å². The number of benzene rings is 1. The van der Waals surface area contributed by atoms with Gasteiger partial charge in [0.15, 0.2) is 0 Å². The number of rotatable bonds is 6. The van der Waals surface area contributed by atoms with E-state index in [9.17, 15) is 26.4 Å². The molecule has 1 aromatic rings. The van der Waals surface area contributed by atoms with Gasteiger partial charge in [-0.3, -0.25) is 4.79 Å². The number of halogens is 3. The van der Waals surface area contributed by atoms with Crippen LogP contribution < -0.4 is 4.90 Å². The number of hydrogen-bond donors (Lipinski definition) is 0. The van der Waals surface area contributed by atoms with Crippen LogP contribution in [0, 0.1) is 0 Å². The summed E-state index contributed by atoms with van der Waals surface area (Å²) >= 11 is 0. The smallest absolute Gasteiger partial charge is 0.378 e. The average Bonchev–Trinajstić information content (AvgIpc) is 2.43. The zero-order valence-electron chi connectivity index (χ0n) is 13.1. The van der Waals surface area contributed by atoms with Crippen LogP contribution in [0.3, 0.4) is 0 Å². The Balaban J connectivity index is 3.26. The first-order valence-electron chi connectivity index (χ1n) is 6.87. The number of carbonyl (C=O) groups excluding carboxylic acids is 1. The number of anilines is 1. The van der Waals surface area contributed by atoms with E-state index in [1.165, 1.54) is 25.1 Å². The lowest BCUT2D eigenvalue weighted by Gasteiger charge is -2.24. The molecule has 1 rings (SSSR count). The highest BCUT2D eigenvalue weighted by molar-refractivity contribution is 7.89. The first-order valence-corrected chi connectivity index (χ1v) is 8.47. The van der Waals surface area contributed by atoms with Crippen molar-refractivity contribution in [1.29, 1.82) is 0 Å². The quantitative estimate of drug-likeness (QED) is 0.789. The zero-order chi connectivity index (χ0) is 17.8. The fourth-order valence-electron chi connectivity index (χ4n) is 1.89. The predicted molar refractivity (Wildman–Crippen MR) is 81.9 cm³/mol. The molecule has 0 unspecified atom stereocenters. The fourth-order valence-corrected chi connectivity index (χ4v) is 3.33. The molecule has 1 aromatic carbocycles. The number of nitrogens with zero attached hydrogens (tertiary/aromatic N) is 2. The lowest BCUT2D eigenvalue weighted by Crippen LogP contribution is -2.44. The van der Waals surface area contributed by atoms with E-state index in [2.05, 4.69) is 0 Å². The van der Waals surface area contributed by atoms with E-state index < -0.39 is 34.4 Å². The molecule has 5 nitrogen and oxygen atoms in total. The first-order chi connectivity index (χ1) is 10.5. The van der Waals surface area contributed by atoms with E-state index >= 15 is 0 Å². The highest BCUT2D eigenvalue weighted by atomic mass is 32.2. The summed E-state index contributed by atoms with van der Waals surface area (Å²) in [6, 6.07) is 5.79. The molecule has 0 fully saturated rings. The van der Waals surface area contributed by atoms with E-state index in [4.69, 9.17) is 0 Å². The predicted octanol–water partition coefficient (Wildman–Crippen LogP) is 2.50. The van der Waals surface area contributed by atoms with Gasteiger partial charge in [-0.15, -0.1) is 0 Å². The maximum absolute atomic E-state index is 12.7. The molecule has 23 heavy (non-hydrogen) atoms. The highest BCUT2D eigenvalue weighted by Crippen LogP contribution is 2.22. The maximum Gasteiger partial charge on any atom is 0.407 e. The minimum absolute atomic E-state index is 0.0920. The molecule has 0 aromatic heterocycles. The second-order valence-electron chi connectivity index (χ2n) is 5.19. The van der Waals surface area contributed by atoms with Gasteiger partial charge in [-0.2, -0.15) is 13.2 Å². The van der Waals surface area contributed by atoms with Gasteiger partial charge >= 0.3 is 6.18 Å². The molecule has 0 spiro atoms. The molecule has 0 aliphatic heterocycles. The summed E-state index contributed by atoms with van der Waals surface area (Å²) in [5.41, 5.74) is 0.468. The Morgan fingerprint density at radius 2 is 1.83 bits per heavy atom. The fraction of sp³-hybridized carbons (Fsp3) is 0.500. The molecule has 0 aliphatic rings. The second-order valence-corrected chi connectivity index (χ2v) is 7.20. The van der Waals surface area contributed by atoms with Crippen molar-refractivity contribution >= 4 is 21.6 Å².